The molecule has 0 aromatic heterocycles. The van der Waals surface area contributed by atoms with Crippen LogP contribution in [-0.4, -0.2) is 8.42 Å². The Morgan fingerprint density at radius 1 is 1.24 bits per heavy atom. The molecule has 0 unspecified atom stereocenters. The van der Waals surface area contributed by atoms with Gasteiger partial charge in [0.15, 0.2) is 5.82 Å². The number of halogens is 3. The van der Waals surface area contributed by atoms with Gasteiger partial charge in [0, 0.05) is 17.3 Å². The Bertz CT molecular complexity index is 766. The summed E-state index contributed by atoms with van der Waals surface area (Å²) in [6.07, 6.45) is 0. The Kier molecular flexibility index (Phi) is 4.88. The van der Waals surface area contributed by atoms with E-state index < -0.39 is 20.7 Å². The summed E-state index contributed by atoms with van der Waals surface area (Å²) < 4.78 is 40.5. The van der Waals surface area contributed by atoms with Gasteiger partial charge in [-0.05, 0) is 45.8 Å². The molecule has 0 aliphatic heterocycles. The molecule has 0 saturated carbocycles. The van der Waals surface area contributed by atoms with Gasteiger partial charge in [-0.1, -0.05) is 23.7 Å². The van der Waals surface area contributed by atoms with Crippen LogP contribution in [0.2, 0.25) is 5.02 Å². The summed E-state index contributed by atoms with van der Waals surface area (Å²) in [6.45, 7) is 0.0192. The van der Waals surface area contributed by atoms with Gasteiger partial charge in [0.25, 0.3) is 0 Å². The normalized spacial score (nSPS) is 11.6. The van der Waals surface area contributed by atoms with E-state index in [1.54, 1.807) is 24.3 Å². The topological polar surface area (TPSA) is 72.2 Å². The lowest BCUT2D eigenvalue weighted by Crippen LogP contribution is -2.24. The van der Waals surface area contributed by atoms with E-state index >= 15 is 0 Å². The first-order valence-electron chi connectivity index (χ1n) is 5.78. The number of benzene rings is 2. The maximum Gasteiger partial charge on any atom is 0.243 e. The summed E-state index contributed by atoms with van der Waals surface area (Å²) in [5.74, 6) is -0.882. The van der Waals surface area contributed by atoms with Crippen LogP contribution in [-0.2, 0) is 16.6 Å². The summed E-state index contributed by atoms with van der Waals surface area (Å²) in [6, 6.07) is 9.01. The Balaban J connectivity index is 2.25. The second kappa shape index (κ2) is 6.31. The van der Waals surface area contributed by atoms with Crippen molar-refractivity contribution in [2.45, 2.75) is 11.4 Å². The standard InChI is InChI=1S/C13H11BrClFN2O2S/c14-11-5-10(17)6-12(13(11)16)21(19,20)18-7-8-1-3-9(15)4-2-8/h1-6,18H,7,17H2. The van der Waals surface area contributed by atoms with Crippen LogP contribution < -0.4 is 10.5 Å². The lowest BCUT2D eigenvalue weighted by molar-refractivity contribution is 0.554. The Morgan fingerprint density at radius 3 is 2.48 bits per heavy atom. The third-order valence-electron chi connectivity index (χ3n) is 2.69. The first kappa shape index (κ1) is 16.2. The van der Waals surface area contributed by atoms with Crippen molar-refractivity contribution in [3.63, 3.8) is 0 Å². The molecular formula is C13H11BrClFN2O2S. The van der Waals surface area contributed by atoms with Crippen LogP contribution in [0.1, 0.15) is 5.56 Å². The molecule has 0 bridgehead atoms. The summed E-state index contributed by atoms with van der Waals surface area (Å²) in [5, 5.41) is 0.549. The average Bonchev–Trinajstić information content (AvgIpc) is 2.42. The minimum Gasteiger partial charge on any atom is -0.399 e. The van der Waals surface area contributed by atoms with E-state index in [1.165, 1.54) is 6.07 Å². The monoisotopic (exact) mass is 392 g/mol. The number of nitrogen functional groups attached to an aromatic ring is 1. The van der Waals surface area contributed by atoms with Gasteiger partial charge in [-0.25, -0.2) is 17.5 Å². The quantitative estimate of drug-likeness (QED) is 0.783. The van der Waals surface area contributed by atoms with E-state index in [1.807, 2.05) is 0 Å². The minimum atomic E-state index is -4.01. The smallest absolute Gasteiger partial charge is 0.243 e. The van der Waals surface area contributed by atoms with Crippen LogP contribution in [0.25, 0.3) is 0 Å². The Labute approximate surface area is 135 Å². The molecule has 0 fully saturated rings. The van der Waals surface area contributed by atoms with Gasteiger partial charge in [-0.2, -0.15) is 0 Å². The second-order valence-electron chi connectivity index (χ2n) is 4.27. The third-order valence-corrected chi connectivity index (χ3v) is 4.92. The van der Waals surface area contributed by atoms with Crippen molar-refractivity contribution in [2.75, 3.05) is 5.73 Å². The fraction of sp³-hybridized carbons (Fsp3) is 0.0769. The van der Waals surface area contributed by atoms with Crippen LogP contribution in [0, 0.1) is 5.82 Å². The zero-order chi connectivity index (χ0) is 15.6. The van der Waals surface area contributed by atoms with Crippen molar-refractivity contribution in [2.24, 2.45) is 0 Å². The van der Waals surface area contributed by atoms with Crippen molar-refractivity contribution in [1.82, 2.24) is 4.72 Å². The fourth-order valence-electron chi connectivity index (χ4n) is 1.64. The van der Waals surface area contributed by atoms with Crippen molar-refractivity contribution in [3.8, 4) is 0 Å². The molecule has 0 radical (unpaired) electrons. The minimum absolute atomic E-state index is 0.00521. The van der Waals surface area contributed by atoms with E-state index in [4.69, 9.17) is 17.3 Å². The van der Waals surface area contributed by atoms with Crippen LogP contribution in [0.4, 0.5) is 10.1 Å². The molecule has 4 nitrogen and oxygen atoms in total. The van der Waals surface area contributed by atoms with E-state index in [9.17, 15) is 12.8 Å². The molecule has 2 aromatic carbocycles. The molecule has 0 amide bonds. The Hall–Kier alpha value is -1.15. The summed E-state index contributed by atoms with van der Waals surface area (Å²) in [4.78, 5) is -0.497. The summed E-state index contributed by atoms with van der Waals surface area (Å²) in [7, 11) is -4.01. The van der Waals surface area contributed by atoms with Crippen molar-refractivity contribution >= 4 is 43.2 Å². The lowest BCUT2D eigenvalue weighted by atomic mass is 10.2. The maximum atomic E-state index is 13.9. The number of sulfonamides is 1. The number of nitrogens with one attached hydrogen (secondary N) is 1. The molecular weight excluding hydrogens is 383 g/mol. The molecule has 0 spiro atoms. The van der Waals surface area contributed by atoms with Crippen LogP contribution in [0.15, 0.2) is 45.8 Å². The second-order valence-corrected chi connectivity index (χ2v) is 7.29. The molecule has 8 heteroatoms. The fourth-order valence-corrected chi connectivity index (χ4v) is 3.52. The highest BCUT2D eigenvalue weighted by atomic mass is 79.9. The first-order chi connectivity index (χ1) is 9.79. The largest absolute Gasteiger partial charge is 0.399 e. The SMILES string of the molecule is Nc1cc(Br)c(F)c(S(=O)(=O)NCc2ccc(Cl)cc2)c1. The molecule has 21 heavy (non-hydrogen) atoms. The van der Waals surface area contributed by atoms with E-state index in [-0.39, 0.29) is 16.7 Å². The molecule has 2 aromatic rings. The molecule has 0 heterocycles. The van der Waals surface area contributed by atoms with Crippen LogP contribution in [0.5, 0.6) is 0 Å². The number of hydrogen-bond acceptors (Lipinski definition) is 3. The molecule has 0 saturated heterocycles. The zero-order valence-corrected chi connectivity index (χ0v) is 13.8. The highest BCUT2D eigenvalue weighted by Crippen LogP contribution is 2.26. The van der Waals surface area contributed by atoms with Gasteiger partial charge in [0.05, 0.1) is 4.47 Å². The van der Waals surface area contributed by atoms with Gasteiger partial charge in [0.2, 0.25) is 10.0 Å². The van der Waals surface area contributed by atoms with Gasteiger partial charge in [-0.3, -0.25) is 0 Å². The Morgan fingerprint density at radius 2 is 1.86 bits per heavy atom. The highest BCUT2D eigenvalue weighted by Gasteiger charge is 2.21. The molecule has 0 aliphatic rings. The first-order valence-corrected chi connectivity index (χ1v) is 8.43. The van der Waals surface area contributed by atoms with Gasteiger partial charge in [0.1, 0.15) is 4.90 Å². The summed E-state index contributed by atoms with van der Waals surface area (Å²) >= 11 is 8.68. The van der Waals surface area contributed by atoms with Gasteiger partial charge >= 0.3 is 0 Å². The predicted molar refractivity (Wildman–Crippen MR) is 84.0 cm³/mol. The number of rotatable bonds is 4. The lowest BCUT2D eigenvalue weighted by Gasteiger charge is -2.10. The van der Waals surface area contributed by atoms with Crippen molar-refractivity contribution in [3.05, 3.63) is 57.3 Å². The van der Waals surface area contributed by atoms with E-state index in [0.717, 1.165) is 6.07 Å². The van der Waals surface area contributed by atoms with Crippen LogP contribution in [0.3, 0.4) is 0 Å². The van der Waals surface area contributed by atoms with Gasteiger partial charge < -0.3 is 5.73 Å². The maximum absolute atomic E-state index is 13.9. The number of anilines is 1. The zero-order valence-electron chi connectivity index (χ0n) is 10.6. The third kappa shape index (κ3) is 3.94. The summed E-state index contributed by atoms with van der Waals surface area (Å²) in [5.41, 5.74) is 6.39. The molecule has 0 atom stereocenters. The molecule has 2 rings (SSSR count). The van der Waals surface area contributed by atoms with Crippen molar-refractivity contribution < 1.29 is 12.8 Å². The molecule has 3 N–H and O–H groups in total. The number of nitrogens with two attached hydrogens (primary N) is 1. The van der Waals surface area contributed by atoms with Crippen molar-refractivity contribution in [1.29, 1.82) is 0 Å². The number of hydrogen-bond donors (Lipinski definition) is 2. The van der Waals surface area contributed by atoms with E-state index in [0.29, 0.717) is 10.6 Å². The predicted octanol–water partition coefficient (Wildman–Crippen LogP) is 3.30. The molecule has 112 valence electrons. The van der Waals surface area contributed by atoms with E-state index in [2.05, 4.69) is 20.7 Å². The molecule has 0 aliphatic carbocycles. The average molecular weight is 394 g/mol. The van der Waals surface area contributed by atoms with Crippen LogP contribution >= 0.6 is 27.5 Å². The van der Waals surface area contributed by atoms with Gasteiger partial charge in [-0.15, -0.1) is 0 Å². The highest BCUT2D eigenvalue weighted by molar-refractivity contribution is 9.10.